The Kier molecular flexibility index (Phi) is 10.2. The number of benzene rings is 2. The lowest BCUT2D eigenvalue weighted by Gasteiger charge is -2.35. The van der Waals surface area contributed by atoms with Gasteiger partial charge in [-0.05, 0) is 44.0 Å². The van der Waals surface area contributed by atoms with Crippen LogP contribution in [0.5, 0.6) is 0 Å². The van der Waals surface area contributed by atoms with E-state index in [1.165, 1.54) is 30.6 Å². The van der Waals surface area contributed by atoms with Crippen molar-refractivity contribution >= 4 is 93.8 Å². The average Bonchev–Trinajstić information content (AvgIpc) is 3.71. The molecule has 0 saturated carbocycles. The fraction of sp³-hybridized carbons (Fsp3) is 0.286. The van der Waals surface area contributed by atoms with Gasteiger partial charge < -0.3 is 25.7 Å². The third-order valence-corrected chi connectivity index (χ3v) is 10.7. The van der Waals surface area contributed by atoms with Crippen LogP contribution in [0.1, 0.15) is 54.6 Å². The molecule has 6 amide bonds. The lowest BCUT2D eigenvalue weighted by atomic mass is 9.88. The maximum atomic E-state index is 13.5. The summed E-state index contributed by atoms with van der Waals surface area (Å²) in [6.45, 7) is 5.88. The second-order valence-electron chi connectivity index (χ2n) is 13.1. The molecule has 0 bridgehead atoms. The second-order valence-corrected chi connectivity index (χ2v) is 14.5. The molecule has 4 aromatic rings. The van der Waals surface area contributed by atoms with Crippen molar-refractivity contribution in [1.29, 1.82) is 0 Å². The largest absolute Gasteiger partial charge is 0.354 e. The van der Waals surface area contributed by atoms with Gasteiger partial charge in [0.1, 0.15) is 28.4 Å². The van der Waals surface area contributed by atoms with Gasteiger partial charge in [-0.25, -0.2) is 15.0 Å². The lowest BCUT2D eigenvalue weighted by molar-refractivity contribution is -0.149. The van der Waals surface area contributed by atoms with E-state index in [-0.39, 0.29) is 54.7 Å². The topological polar surface area (TPSA) is 190 Å². The number of anilines is 5. The average molecular weight is 769 g/mol. The number of rotatable bonds is 9. The summed E-state index contributed by atoms with van der Waals surface area (Å²) in [6, 6.07) is 10.7. The summed E-state index contributed by atoms with van der Waals surface area (Å²) in [5, 5.41) is 9.74. The number of piperazine rings is 1. The van der Waals surface area contributed by atoms with E-state index in [1.807, 2.05) is 23.9 Å². The number of aryl methyl sites for hydroxylation is 2. The van der Waals surface area contributed by atoms with Crippen LogP contribution in [0.3, 0.4) is 0 Å². The third kappa shape index (κ3) is 7.27. The van der Waals surface area contributed by atoms with Crippen LogP contribution < -0.4 is 20.9 Å². The number of likely N-dealkylation sites (tertiary alicyclic amines) is 1. The summed E-state index contributed by atoms with van der Waals surface area (Å²) in [5.41, 5.74) is 1.70. The van der Waals surface area contributed by atoms with Crippen LogP contribution in [-0.2, 0) is 9.59 Å². The van der Waals surface area contributed by atoms with E-state index in [2.05, 4.69) is 35.8 Å². The summed E-state index contributed by atoms with van der Waals surface area (Å²) in [6.07, 6.45) is 1.57. The molecule has 0 aliphatic carbocycles. The van der Waals surface area contributed by atoms with Gasteiger partial charge in [0, 0.05) is 45.7 Å². The van der Waals surface area contributed by atoms with Crippen molar-refractivity contribution in [1.82, 2.24) is 29.6 Å². The van der Waals surface area contributed by atoms with Gasteiger partial charge in [-0.15, -0.1) is 0 Å². The number of aromatic nitrogens is 3. The monoisotopic (exact) mass is 768 g/mol. The summed E-state index contributed by atoms with van der Waals surface area (Å²) in [4.78, 5) is 97.4. The Hall–Kier alpha value is -5.72. The van der Waals surface area contributed by atoms with E-state index in [0.29, 0.717) is 64.4 Å². The number of hydrogen-bond acceptors (Lipinski definition) is 13. The molecule has 1 unspecified atom stereocenters. The molecular formula is C35H34BClN10O6S. The molecule has 276 valence electrons. The van der Waals surface area contributed by atoms with E-state index in [9.17, 15) is 28.8 Å². The van der Waals surface area contributed by atoms with Crippen molar-refractivity contribution < 1.29 is 28.8 Å². The van der Waals surface area contributed by atoms with E-state index in [4.69, 9.17) is 11.6 Å². The first-order chi connectivity index (χ1) is 25.9. The number of thiazole rings is 1. The van der Waals surface area contributed by atoms with Crippen LogP contribution in [0, 0.1) is 13.8 Å². The van der Waals surface area contributed by atoms with E-state index < -0.39 is 23.8 Å². The number of nitrogens with zero attached hydrogens (tertiary/aromatic N) is 7. The molecule has 3 aliphatic rings. The number of imide groups is 2. The van der Waals surface area contributed by atoms with E-state index in [0.717, 1.165) is 15.4 Å². The normalized spacial score (nSPS) is 17.5. The predicted octanol–water partition coefficient (Wildman–Crippen LogP) is 3.65. The summed E-state index contributed by atoms with van der Waals surface area (Å²) >= 11 is 7.45. The van der Waals surface area contributed by atoms with Crippen molar-refractivity contribution in [2.45, 2.75) is 32.7 Å². The lowest BCUT2D eigenvalue weighted by Crippen LogP contribution is -2.54. The number of piperidine rings is 1. The zero-order valence-electron chi connectivity index (χ0n) is 29.5. The molecule has 0 spiro atoms. The molecule has 1 atom stereocenters. The molecule has 2 saturated heterocycles. The summed E-state index contributed by atoms with van der Waals surface area (Å²) in [7, 11) is 1.38. The molecule has 5 heterocycles. The first kappa shape index (κ1) is 36.6. The van der Waals surface area contributed by atoms with Crippen molar-refractivity contribution in [3.05, 3.63) is 81.1 Å². The Balaban J connectivity index is 0.943. The number of amides is 6. The minimum absolute atomic E-state index is 0.0287. The highest BCUT2D eigenvalue weighted by Gasteiger charge is 2.47. The Morgan fingerprint density at radius 3 is 2.48 bits per heavy atom. The van der Waals surface area contributed by atoms with Gasteiger partial charge in [0.25, 0.3) is 23.6 Å². The van der Waals surface area contributed by atoms with Gasteiger partial charge in [0.05, 0.1) is 33.7 Å². The first-order valence-electron chi connectivity index (χ1n) is 17.1. The van der Waals surface area contributed by atoms with Crippen molar-refractivity contribution in [2.75, 3.05) is 54.1 Å². The number of para-hydroxylation sites is 1. The zero-order valence-corrected chi connectivity index (χ0v) is 31.1. The van der Waals surface area contributed by atoms with Gasteiger partial charge >= 0.3 is 7.41 Å². The fourth-order valence-corrected chi connectivity index (χ4v) is 7.63. The van der Waals surface area contributed by atoms with Gasteiger partial charge in [-0.1, -0.05) is 41.1 Å². The smallest absolute Gasteiger partial charge is 0.314 e. The number of nitrogens with one attached hydrogen (secondary N) is 3. The van der Waals surface area contributed by atoms with Crippen molar-refractivity contribution in [3.63, 3.8) is 0 Å². The van der Waals surface area contributed by atoms with Crippen LogP contribution >= 0.6 is 22.9 Å². The molecule has 7 rings (SSSR count). The number of fused-ring (bicyclic) bond motifs is 1. The number of halogens is 1. The molecule has 2 aromatic heterocycles. The molecule has 19 heteroatoms. The number of hydrogen-bond donors (Lipinski definition) is 3. The Morgan fingerprint density at radius 2 is 1.72 bits per heavy atom. The summed E-state index contributed by atoms with van der Waals surface area (Å²) < 4.78 is 0. The van der Waals surface area contributed by atoms with Crippen LogP contribution in [-0.4, -0.2) is 112 Å². The van der Waals surface area contributed by atoms with Crippen LogP contribution in [0.2, 0.25) is 5.02 Å². The predicted molar refractivity (Wildman–Crippen MR) is 204 cm³/mol. The Labute approximate surface area is 319 Å². The maximum absolute atomic E-state index is 13.5. The quantitative estimate of drug-likeness (QED) is 0.166. The van der Waals surface area contributed by atoms with Gasteiger partial charge in [-0.3, -0.25) is 38.6 Å². The summed E-state index contributed by atoms with van der Waals surface area (Å²) in [5.74, 6) is -1.25. The van der Waals surface area contributed by atoms with Crippen LogP contribution in [0.25, 0.3) is 0 Å². The first-order valence-corrected chi connectivity index (χ1v) is 18.3. The minimum Gasteiger partial charge on any atom is -0.354 e. The van der Waals surface area contributed by atoms with E-state index >= 15 is 0 Å². The highest BCUT2D eigenvalue weighted by atomic mass is 35.5. The van der Waals surface area contributed by atoms with Crippen LogP contribution in [0.15, 0.2) is 48.7 Å². The fourth-order valence-electron chi connectivity index (χ4n) is 6.65. The Bertz CT molecular complexity index is 2210. The molecule has 3 aliphatic heterocycles. The number of carbonyl (C=O) groups is 6. The minimum atomic E-state index is -1.09. The SMILES string of the molecule is Cc1nc(Nc2ncc(C(=O)Nc3c(C)cccc3Cl)s2)cc(N2CCN(BC(=O)Nc3cccc4c3C(=O)N(C3CCC(=O)N(C)C3=O)C4=O)CC2)n1. The van der Waals surface area contributed by atoms with Gasteiger partial charge in [0.15, 0.2) is 10.9 Å². The number of likely N-dealkylation sites (N-methyl/N-ethyl adjacent to an activating group) is 1. The molecule has 0 radical (unpaired) electrons. The standard InChI is InChI=1S/C35H34BClN10O6S/c1-18-6-4-8-21(37)29(18)43-30(49)24-17-38-35(54-24)42-25-16-26(40-19(2)39-25)45-12-14-46(15-13-45)36-34(53)41-22-9-5-7-20-28(22)33(52)47(31(20)50)23-10-11-27(48)44(3)32(23)51/h4-9,16-17,23,36H,10-15H2,1-3H3,(H,41,53)(H,43,49)(H,38,39,40,42). The van der Waals surface area contributed by atoms with Gasteiger partial charge in [-0.2, -0.15) is 0 Å². The highest BCUT2D eigenvalue weighted by molar-refractivity contribution is 7.17. The molecule has 16 nitrogen and oxygen atoms in total. The van der Waals surface area contributed by atoms with Crippen molar-refractivity contribution in [2.24, 2.45) is 0 Å². The van der Waals surface area contributed by atoms with Gasteiger partial charge in [0.2, 0.25) is 5.91 Å². The molecule has 3 N–H and O–H groups in total. The molecule has 2 aromatic carbocycles. The zero-order chi connectivity index (χ0) is 38.3. The highest BCUT2D eigenvalue weighted by Crippen LogP contribution is 2.34. The van der Waals surface area contributed by atoms with Crippen LogP contribution in [0.4, 0.5) is 32.9 Å². The molecule has 2 fully saturated rings. The molecular weight excluding hydrogens is 735 g/mol. The third-order valence-electron chi connectivity index (χ3n) is 9.47. The second kappa shape index (κ2) is 15.0. The maximum Gasteiger partial charge on any atom is 0.314 e. The van der Waals surface area contributed by atoms with E-state index in [1.54, 1.807) is 31.2 Å². The van der Waals surface area contributed by atoms with Crippen molar-refractivity contribution in [3.8, 4) is 0 Å². The Morgan fingerprint density at radius 1 is 0.963 bits per heavy atom. The number of carbonyl (C=O) groups excluding carboxylic acids is 6. The molecule has 54 heavy (non-hydrogen) atoms.